The predicted molar refractivity (Wildman–Crippen MR) is 52.4 cm³/mol. The molecule has 0 aliphatic carbocycles. The van der Waals surface area contributed by atoms with Gasteiger partial charge in [0.05, 0.1) is 4.90 Å². The molecule has 2 rings (SSSR count). The number of benzene rings is 1. The smallest absolute Gasteiger partial charge is 0.140 e. The normalized spacial score (nSPS) is 26.0. The summed E-state index contributed by atoms with van der Waals surface area (Å²) < 4.78 is 14.4. The lowest BCUT2D eigenvalue weighted by Crippen LogP contribution is -2.20. The quantitative estimate of drug-likeness (QED) is 0.679. The Morgan fingerprint density at radius 1 is 1.33 bits per heavy atom. The highest BCUT2D eigenvalue weighted by Crippen LogP contribution is 2.19. The second-order valence-corrected chi connectivity index (χ2v) is 5.58. The number of rotatable bonds is 0. The van der Waals surface area contributed by atoms with Crippen LogP contribution in [0.15, 0.2) is 35.4 Å². The van der Waals surface area contributed by atoms with Gasteiger partial charge in [0.25, 0.3) is 0 Å². The third-order valence-corrected chi connectivity index (χ3v) is 3.92. The lowest BCUT2D eigenvalue weighted by Gasteiger charge is -2.14. The minimum absolute atomic E-state index is 0.711. The van der Waals surface area contributed by atoms with Crippen LogP contribution in [0.1, 0.15) is 5.56 Å². The second kappa shape index (κ2) is 2.57. The predicted octanol–water partition coefficient (Wildman–Crippen LogP) is 1.28. The Morgan fingerprint density at radius 3 is 2.83 bits per heavy atom. The summed E-state index contributed by atoms with van der Waals surface area (Å²) in [5.74, 6) is 0. The van der Waals surface area contributed by atoms with Crippen molar-refractivity contribution in [3.05, 3.63) is 36.0 Å². The van der Waals surface area contributed by atoms with Crippen molar-refractivity contribution >= 4 is 25.9 Å². The molecule has 1 N–H and O–H groups in total. The molecule has 1 aromatic rings. The maximum atomic E-state index is 11.7. The zero-order valence-electron chi connectivity index (χ0n) is 6.19. The zero-order chi connectivity index (χ0) is 8.60. The Morgan fingerprint density at radius 2 is 2.08 bits per heavy atom. The Kier molecular flexibility index (Phi) is 1.66. The number of fused-ring (bicyclic) bond motifs is 1. The molecule has 1 aromatic carbocycles. The van der Waals surface area contributed by atoms with E-state index in [0.717, 1.165) is 5.56 Å². The highest BCUT2D eigenvalue weighted by molar-refractivity contribution is 8.31. The van der Waals surface area contributed by atoms with Crippen LogP contribution in [0.2, 0.25) is 0 Å². The molecule has 12 heavy (non-hydrogen) atoms. The van der Waals surface area contributed by atoms with Gasteiger partial charge >= 0.3 is 0 Å². The van der Waals surface area contributed by atoms with E-state index in [9.17, 15) is 4.21 Å². The van der Waals surface area contributed by atoms with E-state index < -0.39 is 8.68 Å². The molecule has 0 bridgehead atoms. The van der Waals surface area contributed by atoms with E-state index in [1.165, 1.54) is 0 Å². The van der Waals surface area contributed by atoms with Crippen LogP contribution in [-0.4, -0.2) is 4.21 Å². The topological polar surface area (TPSA) is 29.1 Å². The summed E-state index contributed by atoms with van der Waals surface area (Å²) in [7, 11) is -2.45. The van der Waals surface area contributed by atoms with Gasteiger partial charge in [0, 0.05) is 17.4 Å². The minimum Gasteiger partial charge on any atom is -0.307 e. The first-order chi connectivity index (χ1) is 5.70. The van der Waals surface area contributed by atoms with Crippen molar-refractivity contribution in [2.75, 3.05) is 0 Å². The third-order valence-electron chi connectivity index (χ3n) is 1.69. The van der Waals surface area contributed by atoms with Gasteiger partial charge in [0.1, 0.15) is 8.68 Å². The highest BCUT2D eigenvalue weighted by Gasteiger charge is 2.13. The highest BCUT2D eigenvalue weighted by atomic mass is 32.8. The lowest BCUT2D eigenvalue weighted by atomic mass is 10.2. The zero-order valence-corrected chi connectivity index (χ0v) is 7.82. The van der Waals surface area contributed by atoms with E-state index in [0.29, 0.717) is 4.90 Å². The van der Waals surface area contributed by atoms with Gasteiger partial charge in [-0.05, 0) is 17.7 Å². The van der Waals surface area contributed by atoms with Gasteiger partial charge in [-0.25, -0.2) is 4.21 Å². The summed E-state index contributed by atoms with van der Waals surface area (Å²) in [6.45, 7) is 0. The molecule has 1 heterocycles. The van der Waals surface area contributed by atoms with Gasteiger partial charge in [-0.1, -0.05) is 18.2 Å². The monoisotopic (exact) mass is 197 g/mol. The van der Waals surface area contributed by atoms with Crippen molar-refractivity contribution < 1.29 is 4.21 Å². The molecule has 0 saturated heterocycles. The summed E-state index contributed by atoms with van der Waals surface area (Å²) in [5.41, 5.74) is 0.941. The Labute approximate surface area is 76.1 Å². The summed E-state index contributed by atoms with van der Waals surface area (Å²) in [4.78, 5) is 0.711. The molecule has 62 valence electrons. The van der Waals surface area contributed by atoms with Crippen LogP contribution in [0.4, 0.5) is 0 Å². The fourth-order valence-corrected chi connectivity index (χ4v) is 2.84. The number of hydrogen-bond acceptors (Lipinski definition) is 2. The van der Waals surface area contributed by atoms with Crippen molar-refractivity contribution in [1.82, 2.24) is 4.72 Å². The SMILES string of the molecule is O=S1(=S)NC=Cc2ccccc21. The summed E-state index contributed by atoms with van der Waals surface area (Å²) in [6, 6.07) is 7.44. The lowest BCUT2D eigenvalue weighted by molar-refractivity contribution is 0.677. The fraction of sp³-hybridized carbons (Fsp3) is 0. The number of hydrogen-bond donors (Lipinski definition) is 1. The Hall–Kier alpha value is -0.870. The summed E-state index contributed by atoms with van der Waals surface area (Å²) in [6.07, 6.45) is 3.50. The number of nitrogens with one attached hydrogen (secondary N) is 1. The minimum atomic E-state index is -2.45. The average Bonchev–Trinajstić information content (AvgIpc) is 2.04. The molecule has 0 aromatic heterocycles. The molecule has 0 fully saturated rings. The van der Waals surface area contributed by atoms with Crippen LogP contribution in [0, 0.1) is 0 Å². The molecule has 1 atom stereocenters. The molecule has 0 saturated carbocycles. The van der Waals surface area contributed by atoms with Gasteiger partial charge in [0.15, 0.2) is 0 Å². The van der Waals surface area contributed by atoms with Gasteiger partial charge in [-0.2, -0.15) is 0 Å². The van der Waals surface area contributed by atoms with Crippen LogP contribution >= 0.6 is 0 Å². The van der Waals surface area contributed by atoms with Crippen LogP contribution in [0.25, 0.3) is 6.08 Å². The van der Waals surface area contributed by atoms with Crippen molar-refractivity contribution in [2.24, 2.45) is 0 Å². The van der Waals surface area contributed by atoms with Crippen molar-refractivity contribution in [3.8, 4) is 0 Å². The standard InChI is InChI=1S/C8H7NOS2/c10-12(11)8-4-2-1-3-7(8)5-6-9-12/h1-6,9H. The van der Waals surface area contributed by atoms with E-state index in [4.69, 9.17) is 11.2 Å². The van der Waals surface area contributed by atoms with E-state index in [1.54, 1.807) is 12.3 Å². The molecule has 1 unspecified atom stereocenters. The van der Waals surface area contributed by atoms with Gasteiger partial charge < -0.3 is 4.72 Å². The van der Waals surface area contributed by atoms with E-state index in [-0.39, 0.29) is 0 Å². The molecule has 4 heteroatoms. The van der Waals surface area contributed by atoms with Crippen molar-refractivity contribution in [2.45, 2.75) is 4.90 Å². The van der Waals surface area contributed by atoms with E-state index in [2.05, 4.69) is 4.72 Å². The molecular formula is C8H7NOS2. The largest absolute Gasteiger partial charge is 0.307 e. The van der Waals surface area contributed by atoms with Gasteiger partial charge in [-0.15, -0.1) is 0 Å². The molecule has 2 nitrogen and oxygen atoms in total. The van der Waals surface area contributed by atoms with E-state index >= 15 is 0 Å². The van der Waals surface area contributed by atoms with Crippen LogP contribution in [0.5, 0.6) is 0 Å². The molecule has 0 amide bonds. The summed E-state index contributed by atoms with van der Waals surface area (Å²) >= 11 is 4.92. The molecule has 1 aliphatic rings. The first-order valence-corrected chi connectivity index (χ1v) is 5.96. The molecule has 1 aliphatic heterocycles. The maximum Gasteiger partial charge on any atom is 0.140 e. The second-order valence-electron chi connectivity index (χ2n) is 2.49. The van der Waals surface area contributed by atoms with Crippen LogP contribution in [0.3, 0.4) is 0 Å². The third kappa shape index (κ3) is 1.13. The first kappa shape index (κ1) is 7.76. The molecule has 0 radical (unpaired) electrons. The Bertz CT molecular complexity index is 434. The van der Waals surface area contributed by atoms with Crippen LogP contribution in [-0.2, 0) is 19.9 Å². The Balaban J connectivity index is 2.77. The van der Waals surface area contributed by atoms with Gasteiger partial charge in [-0.3, -0.25) is 0 Å². The van der Waals surface area contributed by atoms with Gasteiger partial charge in [0.2, 0.25) is 0 Å². The van der Waals surface area contributed by atoms with Crippen molar-refractivity contribution in [3.63, 3.8) is 0 Å². The van der Waals surface area contributed by atoms with Crippen LogP contribution < -0.4 is 4.72 Å². The van der Waals surface area contributed by atoms with E-state index in [1.807, 2.05) is 24.3 Å². The summed E-state index contributed by atoms with van der Waals surface area (Å²) in [5, 5.41) is 0. The van der Waals surface area contributed by atoms with Crippen molar-refractivity contribution in [1.29, 1.82) is 0 Å². The first-order valence-electron chi connectivity index (χ1n) is 3.48. The average molecular weight is 197 g/mol. The molecular weight excluding hydrogens is 190 g/mol. The molecule has 0 spiro atoms. The maximum absolute atomic E-state index is 11.7. The fourth-order valence-electron chi connectivity index (χ4n) is 1.14.